The molecular weight excluding hydrogens is 179 g/mol. The molecule has 0 rings (SSSR count). The molecule has 0 aliphatic carbocycles. The standard InChI is InChI=1S/C9H14F3N/c1-3-4-5-8(13)6-7(2)9(10,11)12/h3-4,6,8H,5,13H2,1-2H3/b4-3-,7-6+. The van der Waals surface area contributed by atoms with Gasteiger partial charge in [-0.05, 0) is 20.3 Å². The number of rotatable bonds is 3. The van der Waals surface area contributed by atoms with E-state index in [1.54, 1.807) is 19.1 Å². The summed E-state index contributed by atoms with van der Waals surface area (Å²) in [5.74, 6) is 0. The Balaban J connectivity index is 4.22. The van der Waals surface area contributed by atoms with Crippen LogP contribution in [0.4, 0.5) is 13.2 Å². The van der Waals surface area contributed by atoms with Crippen molar-refractivity contribution in [3.63, 3.8) is 0 Å². The van der Waals surface area contributed by atoms with Gasteiger partial charge in [-0.1, -0.05) is 18.2 Å². The molecule has 0 aliphatic heterocycles. The Morgan fingerprint density at radius 3 is 2.38 bits per heavy atom. The van der Waals surface area contributed by atoms with Crippen LogP contribution in [0.3, 0.4) is 0 Å². The van der Waals surface area contributed by atoms with Crippen molar-refractivity contribution >= 4 is 0 Å². The summed E-state index contributed by atoms with van der Waals surface area (Å²) in [4.78, 5) is 0. The van der Waals surface area contributed by atoms with E-state index in [0.29, 0.717) is 6.42 Å². The quantitative estimate of drug-likeness (QED) is 0.685. The van der Waals surface area contributed by atoms with Gasteiger partial charge in [-0.25, -0.2) is 0 Å². The summed E-state index contributed by atoms with van der Waals surface area (Å²) in [6.45, 7) is 2.82. The first-order valence-electron chi connectivity index (χ1n) is 4.00. The molecule has 0 aromatic heterocycles. The van der Waals surface area contributed by atoms with E-state index in [-0.39, 0.29) is 0 Å². The SMILES string of the molecule is C/C=C\CC(N)/C=C(\C)C(F)(F)F. The van der Waals surface area contributed by atoms with Crippen molar-refractivity contribution in [1.82, 2.24) is 0 Å². The van der Waals surface area contributed by atoms with Gasteiger partial charge in [0, 0.05) is 11.6 Å². The smallest absolute Gasteiger partial charge is 0.324 e. The van der Waals surface area contributed by atoms with Gasteiger partial charge < -0.3 is 5.73 Å². The maximum Gasteiger partial charge on any atom is 0.412 e. The highest BCUT2D eigenvalue weighted by Gasteiger charge is 2.29. The minimum absolute atomic E-state index is 0.434. The van der Waals surface area contributed by atoms with Crippen molar-refractivity contribution in [3.8, 4) is 0 Å². The van der Waals surface area contributed by atoms with Crippen LogP contribution in [0.2, 0.25) is 0 Å². The largest absolute Gasteiger partial charge is 0.412 e. The topological polar surface area (TPSA) is 26.0 Å². The van der Waals surface area contributed by atoms with Gasteiger partial charge in [0.05, 0.1) is 0 Å². The average molecular weight is 193 g/mol. The second-order valence-electron chi connectivity index (χ2n) is 2.82. The number of allylic oxidation sites excluding steroid dienone is 2. The molecule has 2 N–H and O–H groups in total. The first-order chi connectivity index (χ1) is 5.88. The summed E-state index contributed by atoms with van der Waals surface area (Å²) in [6, 6.07) is -0.558. The second-order valence-corrected chi connectivity index (χ2v) is 2.82. The predicted octanol–water partition coefficient (Wildman–Crippen LogP) is 2.79. The van der Waals surface area contributed by atoms with Crippen LogP contribution in [0, 0.1) is 0 Å². The number of alkyl halides is 3. The lowest BCUT2D eigenvalue weighted by Gasteiger charge is -2.09. The molecule has 0 aromatic carbocycles. The summed E-state index contributed by atoms with van der Waals surface area (Å²) in [7, 11) is 0. The molecule has 76 valence electrons. The highest BCUT2D eigenvalue weighted by Crippen LogP contribution is 2.25. The van der Waals surface area contributed by atoms with Crippen LogP contribution < -0.4 is 5.73 Å². The molecule has 0 saturated carbocycles. The fourth-order valence-corrected chi connectivity index (χ4v) is 0.777. The van der Waals surface area contributed by atoms with Gasteiger partial charge in [0.25, 0.3) is 0 Å². The molecule has 0 fully saturated rings. The van der Waals surface area contributed by atoms with E-state index >= 15 is 0 Å². The van der Waals surface area contributed by atoms with Crippen molar-refractivity contribution in [1.29, 1.82) is 0 Å². The monoisotopic (exact) mass is 193 g/mol. The molecule has 1 unspecified atom stereocenters. The molecule has 1 atom stereocenters. The zero-order valence-corrected chi connectivity index (χ0v) is 7.73. The van der Waals surface area contributed by atoms with Gasteiger partial charge in [-0.15, -0.1) is 0 Å². The normalized spacial score (nSPS) is 16.6. The molecule has 0 aliphatic rings. The Hall–Kier alpha value is -0.770. The lowest BCUT2D eigenvalue weighted by atomic mass is 10.1. The zero-order valence-electron chi connectivity index (χ0n) is 7.73. The number of nitrogens with two attached hydrogens (primary N) is 1. The van der Waals surface area contributed by atoms with Gasteiger partial charge >= 0.3 is 6.18 Å². The van der Waals surface area contributed by atoms with Crippen molar-refractivity contribution in [2.24, 2.45) is 5.73 Å². The third-order valence-corrected chi connectivity index (χ3v) is 1.56. The van der Waals surface area contributed by atoms with Gasteiger partial charge in [-0.3, -0.25) is 0 Å². The van der Waals surface area contributed by atoms with E-state index in [1.807, 2.05) is 0 Å². The lowest BCUT2D eigenvalue weighted by Crippen LogP contribution is -2.19. The number of hydrogen-bond donors (Lipinski definition) is 1. The summed E-state index contributed by atoms with van der Waals surface area (Å²) in [6.07, 6.45) is 0.721. The highest BCUT2D eigenvalue weighted by atomic mass is 19.4. The summed E-state index contributed by atoms with van der Waals surface area (Å²) in [5.41, 5.74) is 4.80. The van der Waals surface area contributed by atoms with E-state index in [2.05, 4.69) is 0 Å². The van der Waals surface area contributed by atoms with Crippen LogP contribution in [0.1, 0.15) is 20.3 Å². The molecule has 0 heterocycles. The average Bonchev–Trinajstić information content (AvgIpc) is 1.99. The van der Waals surface area contributed by atoms with Crippen molar-refractivity contribution in [3.05, 3.63) is 23.8 Å². The molecule has 1 nitrogen and oxygen atoms in total. The molecule has 0 amide bonds. The van der Waals surface area contributed by atoms with Crippen LogP contribution in [-0.4, -0.2) is 12.2 Å². The van der Waals surface area contributed by atoms with E-state index in [1.165, 1.54) is 0 Å². The summed E-state index contributed by atoms with van der Waals surface area (Å²) in [5, 5.41) is 0. The van der Waals surface area contributed by atoms with Crippen LogP contribution >= 0.6 is 0 Å². The Morgan fingerprint density at radius 1 is 1.46 bits per heavy atom. The van der Waals surface area contributed by atoms with Gasteiger partial charge in [-0.2, -0.15) is 13.2 Å². The minimum atomic E-state index is -4.26. The molecule has 0 radical (unpaired) electrons. The van der Waals surface area contributed by atoms with Gasteiger partial charge in [0.2, 0.25) is 0 Å². The fourth-order valence-electron chi connectivity index (χ4n) is 0.777. The molecular formula is C9H14F3N. The van der Waals surface area contributed by atoms with E-state index < -0.39 is 17.8 Å². The van der Waals surface area contributed by atoms with Crippen molar-refractivity contribution in [2.75, 3.05) is 0 Å². The van der Waals surface area contributed by atoms with E-state index in [4.69, 9.17) is 5.73 Å². The minimum Gasteiger partial charge on any atom is -0.324 e. The van der Waals surface area contributed by atoms with E-state index in [0.717, 1.165) is 13.0 Å². The first-order valence-corrected chi connectivity index (χ1v) is 4.00. The zero-order chi connectivity index (χ0) is 10.5. The Morgan fingerprint density at radius 2 is 2.00 bits per heavy atom. The second kappa shape index (κ2) is 5.07. The first kappa shape index (κ1) is 12.2. The number of hydrogen-bond acceptors (Lipinski definition) is 1. The number of halogens is 3. The third kappa shape index (κ3) is 5.47. The Bertz CT molecular complexity index is 203. The summed E-state index contributed by atoms with van der Waals surface area (Å²) >= 11 is 0. The van der Waals surface area contributed by atoms with Crippen molar-refractivity contribution < 1.29 is 13.2 Å². The molecule has 4 heteroatoms. The third-order valence-electron chi connectivity index (χ3n) is 1.56. The van der Waals surface area contributed by atoms with Crippen molar-refractivity contribution in [2.45, 2.75) is 32.5 Å². The van der Waals surface area contributed by atoms with Gasteiger partial charge in [0.1, 0.15) is 0 Å². The van der Waals surface area contributed by atoms with E-state index in [9.17, 15) is 13.2 Å². The van der Waals surface area contributed by atoms with Crippen LogP contribution in [0.15, 0.2) is 23.8 Å². The van der Waals surface area contributed by atoms with Gasteiger partial charge in [0.15, 0.2) is 0 Å². The van der Waals surface area contributed by atoms with Crippen LogP contribution in [-0.2, 0) is 0 Å². The Labute approximate surface area is 76.1 Å². The van der Waals surface area contributed by atoms with Crippen LogP contribution in [0.5, 0.6) is 0 Å². The molecule has 0 aromatic rings. The lowest BCUT2D eigenvalue weighted by molar-refractivity contribution is -0.0916. The molecule has 0 spiro atoms. The highest BCUT2D eigenvalue weighted by molar-refractivity contribution is 5.10. The predicted molar refractivity (Wildman–Crippen MR) is 47.2 cm³/mol. The molecule has 0 saturated heterocycles. The summed E-state index contributed by atoms with van der Waals surface area (Å²) < 4.78 is 36.0. The maximum atomic E-state index is 12.0. The fraction of sp³-hybridized carbons (Fsp3) is 0.556. The molecule has 0 bridgehead atoms. The molecule has 13 heavy (non-hydrogen) atoms. The maximum absolute atomic E-state index is 12.0. The van der Waals surface area contributed by atoms with Crippen LogP contribution in [0.25, 0.3) is 0 Å². The Kier molecular flexibility index (Phi) is 4.77.